The first-order chi connectivity index (χ1) is 14.4. The van der Waals surface area contributed by atoms with Crippen LogP contribution in [0.1, 0.15) is 32.0 Å². The van der Waals surface area contributed by atoms with E-state index < -0.39 is 9.84 Å². The second-order valence-electron chi connectivity index (χ2n) is 7.94. The molecule has 2 aromatic heterocycles. The van der Waals surface area contributed by atoms with Gasteiger partial charge in [0.05, 0.1) is 22.4 Å². The van der Waals surface area contributed by atoms with Crippen molar-refractivity contribution in [1.82, 2.24) is 14.9 Å². The van der Waals surface area contributed by atoms with Crippen molar-refractivity contribution < 1.29 is 17.9 Å². The maximum atomic E-state index is 12.3. The molecule has 8 nitrogen and oxygen atoms in total. The number of aryl methyl sites for hydroxylation is 2. The molecule has 160 valence electrons. The van der Waals surface area contributed by atoms with E-state index in [1.807, 2.05) is 31.2 Å². The van der Waals surface area contributed by atoms with Gasteiger partial charge in [-0.05, 0) is 24.8 Å². The van der Waals surface area contributed by atoms with Crippen LogP contribution in [-0.2, 0) is 27.6 Å². The van der Waals surface area contributed by atoms with Gasteiger partial charge in [-0.2, -0.15) is 4.73 Å². The SMILES string of the molecule is CCc1nc2c[n+]([O-])c3ccccc3c2n1CCCCNC(=O)CC1CS(=O)(=O)C1. The van der Waals surface area contributed by atoms with Gasteiger partial charge in [-0.15, -0.1) is 0 Å². The van der Waals surface area contributed by atoms with Gasteiger partial charge in [0.1, 0.15) is 5.82 Å². The Morgan fingerprint density at radius 2 is 2.07 bits per heavy atom. The van der Waals surface area contributed by atoms with Crippen molar-refractivity contribution in [2.75, 3.05) is 18.1 Å². The fourth-order valence-corrected chi connectivity index (χ4v) is 5.77. The number of aromatic nitrogens is 3. The minimum Gasteiger partial charge on any atom is -0.618 e. The van der Waals surface area contributed by atoms with Gasteiger partial charge in [0, 0.05) is 32.0 Å². The highest BCUT2D eigenvalue weighted by Gasteiger charge is 2.34. The third kappa shape index (κ3) is 4.12. The predicted molar refractivity (Wildman–Crippen MR) is 115 cm³/mol. The highest BCUT2D eigenvalue weighted by Crippen LogP contribution is 2.25. The van der Waals surface area contributed by atoms with Gasteiger partial charge in [-0.25, -0.2) is 13.4 Å². The Morgan fingerprint density at radius 3 is 2.80 bits per heavy atom. The molecule has 1 aliphatic rings. The summed E-state index contributed by atoms with van der Waals surface area (Å²) < 4.78 is 25.4. The summed E-state index contributed by atoms with van der Waals surface area (Å²) in [5, 5.41) is 16.1. The number of rotatable bonds is 8. The van der Waals surface area contributed by atoms with Gasteiger partial charge < -0.3 is 15.1 Å². The molecule has 3 heterocycles. The minimum atomic E-state index is -2.88. The lowest BCUT2D eigenvalue weighted by atomic mass is 10.1. The van der Waals surface area contributed by atoms with Crippen molar-refractivity contribution in [3.63, 3.8) is 0 Å². The molecular weight excluding hydrogens is 404 g/mol. The first-order valence-corrected chi connectivity index (χ1v) is 12.2. The molecule has 1 amide bonds. The van der Waals surface area contributed by atoms with Crippen molar-refractivity contribution in [1.29, 1.82) is 0 Å². The van der Waals surface area contributed by atoms with Crippen LogP contribution in [0.5, 0.6) is 0 Å². The zero-order valence-electron chi connectivity index (χ0n) is 17.0. The number of nitrogens with one attached hydrogen (secondary N) is 1. The van der Waals surface area contributed by atoms with Crippen LogP contribution in [0.15, 0.2) is 30.5 Å². The number of nitrogens with zero attached hydrogens (tertiary/aromatic N) is 3. The fourth-order valence-electron chi connectivity index (χ4n) is 4.19. The lowest BCUT2D eigenvalue weighted by molar-refractivity contribution is -0.575. The van der Waals surface area contributed by atoms with E-state index in [1.165, 1.54) is 6.20 Å². The normalized spacial score (nSPS) is 16.0. The largest absolute Gasteiger partial charge is 0.618 e. The number of pyridine rings is 1. The Morgan fingerprint density at radius 1 is 1.30 bits per heavy atom. The molecule has 30 heavy (non-hydrogen) atoms. The minimum absolute atomic E-state index is 0.0310. The van der Waals surface area contributed by atoms with Gasteiger partial charge >= 0.3 is 0 Å². The first-order valence-electron chi connectivity index (χ1n) is 10.3. The number of imidazole rings is 1. The number of para-hydroxylation sites is 1. The van der Waals surface area contributed by atoms with E-state index >= 15 is 0 Å². The van der Waals surface area contributed by atoms with E-state index in [9.17, 15) is 18.4 Å². The molecule has 0 bridgehead atoms. The van der Waals surface area contributed by atoms with E-state index in [1.54, 1.807) is 0 Å². The van der Waals surface area contributed by atoms with Gasteiger partial charge in [0.15, 0.2) is 15.4 Å². The molecule has 0 saturated carbocycles. The Labute approximate surface area is 175 Å². The maximum absolute atomic E-state index is 12.3. The number of carbonyl (C=O) groups excluding carboxylic acids is 1. The van der Waals surface area contributed by atoms with Crippen LogP contribution in [0.2, 0.25) is 0 Å². The number of carbonyl (C=O) groups is 1. The van der Waals surface area contributed by atoms with Gasteiger partial charge in [-0.1, -0.05) is 19.1 Å². The molecule has 4 rings (SSSR count). The maximum Gasteiger partial charge on any atom is 0.226 e. The van der Waals surface area contributed by atoms with Crippen LogP contribution < -0.4 is 10.0 Å². The smallest absolute Gasteiger partial charge is 0.226 e. The van der Waals surface area contributed by atoms with Crippen LogP contribution in [0.3, 0.4) is 0 Å². The summed E-state index contributed by atoms with van der Waals surface area (Å²) in [6, 6.07) is 7.54. The molecule has 1 fully saturated rings. The van der Waals surface area contributed by atoms with Crippen LogP contribution in [0.25, 0.3) is 21.9 Å². The van der Waals surface area contributed by atoms with Crippen molar-refractivity contribution in [2.24, 2.45) is 5.92 Å². The zero-order chi connectivity index (χ0) is 21.3. The second-order valence-corrected chi connectivity index (χ2v) is 10.1. The average Bonchev–Trinajstić information content (AvgIpc) is 3.04. The number of hydrogen-bond donors (Lipinski definition) is 1. The number of hydrogen-bond acceptors (Lipinski definition) is 5. The predicted octanol–water partition coefficient (Wildman–Crippen LogP) is 1.72. The van der Waals surface area contributed by atoms with E-state index in [-0.39, 0.29) is 29.8 Å². The average molecular weight is 431 g/mol. The second kappa shape index (κ2) is 8.22. The molecule has 9 heteroatoms. The Kier molecular flexibility index (Phi) is 5.64. The molecular formula is C21H26N4O4S. The summed E-state index contributed by atoms with van der Waals surface area (Å²) in [5.74, 6) is 1.09. The quantitative estimate of drug-likeness (QED) is 0.333. The third-order valence-corrected chi connectivity index (χ3v) is 7.57. The van der Waals surface area contributed by atoms with Gasteiger partial charge in [0.25, 0.3) is 0 Å². The number of fused-ring (bicyclic) bond motifs is 3. The Balaban J connectivity index is 1.38. The molecule has 1 saturated heterocycles. The van der Waals surface area contributed by atoms with Crippen LogP contribution in [0, 0.1) is 11.1 Å². The van der Waals surface area contributed by atoms with Crippen molar-refractivity contribution >= 4 is 37.7 Å². The van der Waals surface area contributed by atoms with Crippen LogP contribution >= 0.6 is 0 Å². The topological polar surface area (TPSA) is 108 Å². The van der Waals surface area contributed by atoms with Crippen molar-refractivity contribution in [2.45, 2.75) is 39.2 Å². The van der Waals surface area contributed by atoms with Crippen LogP contribution in [-0.4, -0.2) is 41.9 Å². The number of unbranched alkanes of at least 4 members (excludes halogenated alkanes) is 1. The van der Waals surface area contributed by atoms with Crippen molar-refractivity contribution in [3.05, 3.63) is 41.5 Å². The summed E-state index contributed by atoms with van der Waals surface area (Å²) in [6.45, 7) is 3.36. The molecule has 0 atom stereocenters. The highest BCUT2D eigenvalue weighted by molar-refractivity contribution is 7.92. The lowest BCUT2D eigenvalue weighted by Crippen LogP contribution is -2.40. The third-order valence-electron chi connectivity index (χ3n) is 5.61. The Hall–Kier alpha value is -2.68. The highest BCUT2D eigenvalue weighted by atomic mass is 32.2. The summed E-state index contributed by atoms with van der Waals surface area (Å²) in [6.07, 6.45) is 4.25. The fraction of sp³-hybridized carbons (Fsp3) is 0.476. The summed E-state index contributed by atoms with van der Waals surface area (Å²) in [4.78, 5) is 16.6. The van der Waals surface area contributed by atoms with E-state index in [2.05, 4.69) is 14.9 Å². The molecule has 1 aromatic carbocycles. The first kappa shape index (κ1) is 20.6. The van der Waals surface area contributed by atoms with Crippen molar-refractivity contribution in [3.8, 4) is 0 Å². The summed E-state index contributed by atoms with van der Waals surface area (Å²) >= 11 is 0. The van der Waals surface area contributed by atoms with Crippen LogP contribution in [0.4, 0.5) is 0 Å². The summed E-state index contributed by atoms with van der Waals surface area (Å²) in [7, 11) is -2.88. The van der Waals surface area contributed by atoms with Gasteiger partial charge in [-0.3, -0.25) is 4.79 Å². The number of benzene rings is 1. The molecule has 1 N–H and O–H groups in total. The molecule has 0 unspecified atom stereocenters. The van der Waals surface area contributed by atoms with Gasteiger partial charge in [0.2, 0.25) is 17.6 Å². The molecule has 0 spiro atoms. The Bertz CT molecular complexity index is 1190. The molecule has 3 aromatic rings. The van der Waals surface area contributed by atoms with E-state index in [0.717, 1.165) is 47.3 Å². The molecule has 0 aliphatic carbocycles. The molecule has 0 radical (unpaired) electrons. The molecule has 1 aliphatic heterocycles. The zero-order valence-corrected chi connectivity index (χ0v) is 17.8. The van der Waals surface area contributed by atoms with E-state index in [4.69, 9.17) is 0 Å². The standard InChI is InChI=1S/C21H26N4O4S/c1-2-19-23-17-12-25(27)18-8-4-3-7-16(18)21(17)24(19)10-6-5-9-22-20(26)11-15-13-30(28,29)14-15/h3-4,7-8,12,15H,2,5-6,9-11,13-14H2,1H3,(H,22,26). The summed E-state index contributed by atoms with van der Waals surface area (Å²) in [5.41, 5.74) is 2.30. The number of amides is 1. The van der Waals surface area contributed by atoms with E-state index in [0.29, 0.717) is 17.6 Å². The number of sulfone groups is 1. The lowest BCUT2D eigenvalue weighted by Gasteiger charge is -2.24. The monoisotopic (exact) mass is 430 g/mol.